The van der Waals surface area contributed by atoms with E-state index in [0.29, 0.717) is 46.4 Å². The number of H-pyrrole nitrogens is 1. The number of amides is 1. The number of carbonyl (C=O) groups is 1. The molecule has 0 saturated carbocycles. The van der Waals surface area contributed by atoms with Gasteiger partial charge in [-0.15, -0.1) is 11.3 Å². The molecule has 2 aromatic carbocycles. The maximum Gasteiger partial charge on any atom is 0.412 e. The van der Waals surface area contributed by atoms with Crippen LogP contribution in [0.25, 0.3) is 32.1 Å². The summed E-state index contributed by atoms with van der Waals surface area (Å²) in [6, 6.07) is 7.21. The van der Waals surface area contributed by atoms with Crippen molar-refractivity contribution >= 4 is 60.8 Å². The molecule has 0 spiro atoms. The molecule has 51 heavy (non-hydrogen) atoms. The molecule has 3 aliphatic heterocycles. The molecule has 0 aliphatic carbocycles. The SMILES string of the molecule is CC(C)(C)OC(=O)Nc1sc2c(F)ccc(-c3c4c(c5c(NCc6ccn[nH]6)nc(OCC67CCCN6CCC7)nc5c3Cl)COC4)c2c1C#N. The van der Waals surface area contributed by atoms with Crippen molar-refractivity contribution < 1.29 is 23.4 Å². The number of fused-ring (bicyclic) bond motifs is 5. The van der Waals surface area contributed by atoms with Crippen molar-refractivity contribution in [1.29, 1.82) is 5.26 Å². The van der Waals surface area contributed by atoms with E-state index in [4.69, 9.17) is 35.8 Å². The number of benzene rings is 2. The van der Waals surface area contributed by atoms with Gasteiger partial charge in [-0.2, -0.15) is 20.3 Å². The average molecular weight is 731 g/mol. The van der Waals surface area contributed by atoms with E-state index in [0.717, 1.165) is 66.9 Å². The van der Waals surface area contributed by atoms with Gasteiger partial charge >= 0.3 is 12.1 Å². The molecule has 1 amide bonds. The van der Waals surface area contributed by atoms with E-state index in [2.05, 4.69) is 31.8 Å². The highest BCUT2D eigenvalue weighted by Gasteiger charge is 2.45. The molecular formula is C36H36ClFN8O4S. The summed E-state index contributed by atoms with van der Waals surface area (Å²) in [5.74, 6) is 0.00110. The van der Waals surface area contributed by atoms with Gasteiger partial charge in [0, 0.05) is 17.1 Å². The third kappa shape index (κ3) is 6.01. The van der Waals surface area contributed by atoms with Gasteiger partial charge in [0.15, 0.2) is 0 Å². The van der Waals surface area contributed by atoms with Crippen LogP contribution >= 0.6 is 22.9 Å². The number of anilines is 2. The largest absolute Gasteiger partial charge is 0.461 e. The molecule has 3 aromatic heterocycles. The summed E-state index contributed by atoms with van der Waals surface area (Å²) in [7, 11) is 0. The van der Waals surface area contributed by atoms with Gasteiger partial charge < -0.3 is 19.5 Å². The first kappa shape index (κ1) is 33.6. The minimum atomic E-state index is -0.771. The second kappa shape index (κ2) is 12.9. The Bertz CT molecular complexity index is 2220. The van der Waals surface area contributed by atoms with Gasteiger partial charge in [-0.1, -0.05) is 17.7 Å². The first-order valence-electron chi connectivity index (χ1n) is 16.9. The number of hydrogen-bond acceptors (Lipinski definition) is 11. The van der Waals surface area contributed by atoms with Crippen molar-refractivity contribution in [1.82, 2.24) is 25.1 Å². The van der Waals surface area contributed by atoms with Gasteiger partial charge in [0.05, 0.1) is 57.2 Å². The predicted octanol–water partition coefficient (Wildman–Crippen LogP) is 7.90. The van der Waals surface area contributed by atoms with Crippen LogP contribution in [0.3, 0.4) is 0 Å². The molecule has 6 heterocycles. The van der Waals surface area contributed by atoms with Gasteiger partial charge in [0.25, 0.3) is 0 Å². The number of aromatic amines is 1. The standard InChI is InChI=1S/C36H36ClFN8O4S/c1-35(2,3)50-34(47)44-32-21(14-39)26-20(6-7-24(38)30(26)51-32)25-22-16-48-17-23(22)27-29(28(25)37)42-33(43-31(27)40-15-19-8-11-41-45-19)49-18-36-9-4-12-46(36)13-5-10-36/h6-8,11H,4-5,9-10,12-13,15-18H2,1-3H3,(H,41,45)(H,44,47)(H,40,42,43). The Kier molecular flexibility index (Phi) is 8.49. The molecule has 3 N–H and O–H groups in total. The lowest BCUT2D eigenvalue weighted by atomic mass is 9.91. The number of carbonyl (C=O) groups excluding carboxylic acids is 1. The van der Waals surface area contributed by atoms with Crippen LogP contribution in [0.5, 0.6) is 6.01 Å². The fourth-order valence-corrected chi connectivity index (χ4v) is 9.10. The average Bonchev–Trinajstić information content (AvgIpc) is 3.91. The van der Waals surface area contributed by atoms with Crippen LogP contribution in [0, 0.1) is 17.1 Å². The fraction of sp³-hybridized carbons (Fsp3) is 0.417. The Balaban J connectivity index is 1.29. The number of nitrogens with one attached hydrogen (secondary N) is 3. The van der Waals surface area contributed by atoms with Crippen LogP contribution in [0.4, 0.5) is 20.0 Å². The molecule has 264 valence electrons. The molecular weight excluding hydrogens is 695 g/mol. The molecule has 0 radical (unpaired) electrons. The summed E-state index contributed by atoms with van der Waals surface area (Å²) in [5.41, 5.74) is 3.31. The van der Waals surface area contributed by atoms with E-state index in [1.165, 1.54) is 6.07 Å². The molecule has 2 saturated heterocycles. The maximum atomic E-state index is 15.5. The summed E-state index contributed by atoms with van der Waals surface area (Å²) in [6.07, 6.45) is 5.33. The Hall–Kier alpha value is -4.55. The van der Waals surface area contributed by atoms with Gasteiger partial charge in [0.1, 0.15) is 34.9 Å². The van der Waals surface area contributed by atoms with Crippen LogP contribution < -0.4 is 15.4 Å². The highest BCUT2D eigenvalue weighted by Crippen LogP contribution is 2.50. The first-order chi connectivity index (χ1) is 24.5. The number of thiophene rings is 1. The smallest absolute Gasteiger partial charge is 0.412 e. The molecule has 2 fully saturated rings. The van der Waals surface area contributed by atoms with E-state index >= 15 is 4.39 Å². The maximum absolute atomic E-state index is 15.5. The summed E-state index contributed by atoms with van der Waals surface area (Å²) >= 11 is 8.37. The van der Waals surface area contributed by atoms with Gasteiger partial charge in [0.2, 0.25) is 0 Å². The first-order valence-corrected chi connectivity index (χ1v) is 18.1. The summed E-state index contributed by atoms with van der Waals surface area (Å²) in [6.45, 7) is 8.70. The lowest BCUT2D eigenvalue weighted by molar-refractivity contribution is 0.0636. The number of nitriles is 1. The minimum absolute atomic E-state index is 0.0278. The Morgan fingerprint density at radius 3 is 2.69 bits per heavy atom. The van der Waals surface area contributed by atoms with E-state index in [9.17, 15) is 10.1 Å². The summed E-state index contributed by atoms with van der Waals surface area (Å²) < 4.78 is 33.6. The van der Waals surface area contributed by atoms with Gasteiger partial charge in [-0.3, -0.25) is 15.3 Å². The number of nitrogens with zero attached hydrogens (tertiary/aromatic N) is 5. The normalized spacial score (nSPS) is 16.7. The second-order valence-corrected chi connectivity index (χ2v) is 15.6. The van der Waals surface area contributed by atoms with Crippen molar-refractivity contribution in [2.24, 2.45) is 0 Å². The van der Waals surface area contributed by atoms with Crippen molar-refractivity contribution in [3.05, 3.63) is 57.6 Å². The molecule has 0 bridgehead atoms. The topological polar surface area (TPSA) is 150 Å². The Morgan fingerprint density at radius 1 is 1.18 bits per heavy atom. The molecule has 5 aromatic rings. The lowest BCUT2D eigenvalue weighted by Gasteiger charge is -2.31. The van der Waals surface area contributed by atoms with Crippen molar-refractivity contribution in [2.75, 3.05) is 30.3 Å². The highest BCUT2D eigenvalue weighted by atomic mass is 35.5. The Morgan fingerprint density at radius 2 is 1.96 bits per heavy atom. The number of aromatic nitrogens is 4. The van der Waals surface area contributed by atoms with E-state index in [-0.39, 0.29) is 45.1 Å². The van der Waals surface area contributed by atoms with E-state index in [1.54, 1.807) is 33.0 Å². The fourth-order valence-electron chi connectivity index (χ4n) is 7.68. The molecule has 8 rings (SSSR count). The van der Waals surface area contributed by atoms with Crippen molar-refractivity contribution in [3.8, 4) is 23.2 Å². The lowest BCUT2D eigenvalue weighted by Crippen LogP contribution is -2.43. The summed E-state index contributed by atoms with van der Waals surface area (Å²) in [4.78, 5) is 25.1. The second-order valence-electron chi connectivity index (χ2n) is 14.2. The molecule has 12 nitrogen and oxygen atoms in total. The predicted molar refractivity (Wildman–Crippen MR) is 193 cm³/mol. The van der Waals surface area contributed by atoms with Crippen LogP contribution in [0.15, 0.2) is 24.4 Å². The molecule has 15 heteroatoms. The highest BCUT2D eigenvalue weighted by molar-refractivity contribution is 7.23. The van der Waals surface area contributed by atoms with E-state index in [1.807, 2.05) is 6.07 Å². The minimum Gasteiger partial charge on any atom is -0.461 e. The van der Waals surface area contributed by atoms with Crippen LogP contribution in [0.1, 0.15) is 68.8 Å². The quantitative estimate of drug-likeness (QED) is 0.144. The molecule has 0 unspecified atom stereocenters. The van der Waals surface area contributed by atoms with Crippen LogP contribution in [-0.2, 0) is 29.2 Å². The van der Waals surface area contributed by atoms with Gasteiger partial charge in [-0.25, -0.2) is 9.18 Å². The monoisotopic (exact) mass is 730 g/mol. The van der Waals surface area contributed by atoms with Gasteiger partial charge in [-0.05, 0) is 88.4 Å². The van der Waals surface area contributed by atoms with Crippen molar-refractivity contribution in [3.63, 3.8) is 0 Å². The zero-order chi connectivity index (χ0) is 35.5. The molecule has 0 atom stereocenters. The number of rotatable bonds is 8. The Labute approximate surface area is 302 Å². The van der Waals surface area contributed by atoms with Crippen molar-refractivity contribution in [2.45, 2.75) is 77.4 Å². The molecule has 3 aliphatic rings. The summed E-state index contributed by atoms with van der Waals surface area (Å²) in [5, 5.41) is 25.0. The third-order valence-corrected chi connectivity index (χ3v) is 11.3. The number of hydrogen-bond donors (Lipinski definition) is 3. The van der Waals surface area contributed by atoms with Crippen LogP contribution in [0.2, 0.25) is 5.02 Å². The van der Waals surface area contributed by atoms with Crippen LogP contribution in [-0.4, -0.2) is 62.0 Å². The number of ether oxygens (including phenoxy) is 3. The van der Waals surface area contributed by atoms with E-state index < -0.39 is 17.5 Å². The number of halogens is 2. The third-order valence-electron chi connectivity index (χ3n) is 9.85. The zero-order valence-electron chi connectivity index (χ0n) is 28.4. The zero-order valence-corrected chi connectivity index (χ0v) is 30.0.